The van der Waals surface area contributed by atoms with Crippen LogP contribution in [-0.2, 0) is 16.0 Å². The van der Waals surface area contributed by atoms with Crippen LogP contribution in [0, 0.1) is 0 Å². The van der Waals surface area contributed by atoms with Gasteiger partial charge < -0.3 is 25.4 Å². The number of aliphatic imine (C=N–C) groups is 1. The first-order chi connectivity index (χ1) is 10.7. The van der Waals surface area contributed by atoms with Gasteiger partial charge in [-0.05, 0) is 24.6 Å². The van der Waals surface area contributed by atoms with Crippen LogP contribution in [0.25, 0.3) is 0 Å². The van der Waals surface area contributed by atoms with Gasteiger partial charge in [-0.2, -0.15) is 0 Å². The minimum absolute atomic E-state index is 0. The molecule has 0 aromatic heterocycles. The molecule has 0 spiro atoms. The van der Waals surface area contributed by atoms with Crippen molar-refractivity contribution in [1.82, 2.24) is 10.6 Å². The van der Waals surface area contributed by atoms with Crippen LogP contribution in [0.2, 0.25) is 0 Å². The van der Waals surface area contributed by atoms with E-state index in [-0.39, 0.29) is 30.0 Å². The SMILES string of the molecule is CN=C(NCc1ccc(NCCOC)cc1)NC(C)COC.I. The van der Waals surface area contributed by atoms with Gasteiger partial charge in [0.2, 0.25) is 0 Å². The van der Waals surface area contributed by atoms with Gasteiger partial charge in [-0.25, -0.2) is 0 Å². The number of hydrogen-bond donors (Lipinski definition) is 3. The molecule has 0 aliphatic heterocycles. The fourth-order valence-corrected chi connectivity index (χ4v) is 1.94. The first-order valence-corrected chi connectivity index (χ1v) is 7.47. The summed E-state index contributed by atoms with van der Waals surface area (Å²) in [4.78, 5) is 4.21. The molecule has 0 aliphatic rings. The summed E-state index contributed by atoms with van der Waals surface area (Å²) in [5, 5.41) is 9.85. The summed E-state index contributed by atoms with van der Waals surface area (Å²) in [5.41, 5.74) is 2.29. The summed E-state index contributed by atoms with van der Waals surface area (Å²) < 4.78 is 10.1. The molecule has 6 nitrogen and oxygen atoms in total. The maximum Gasteiger partial charge on any atom is 0.191 e. The van der Waals surface area contributed by atoms with E-state index in [4.69, 9.17) is 9.47 Å². The van der Waals surface area contributed by atoms with E-state index in [9.17, 15) is 0 Å². The van der Waals surface area contributed by atoms with E-state index in [1.807, 2.05) is 0 Å². The number of anilines is 1. The molecule has 0 saturated heterocycles. The molecule has 0 bridgehead atoms. The third-order valence-corrected chi connectivity index (χ3v) is 3.07. The highest BCUT2D eigenvalue weighted by molar-refractivity contribution is 14.0. The Morgan fingerprint density at radius 1 is 1.17 bits per heavy atom. The van der Waals surface area contributed by atoms with Gasteiger partial charge in [0.25, 0.3) is 0 Å². The third-order valence-electron chi connectivity index (χ3n) is 3.07. The van der Waals surface area contributed by atoms with Crippen LogP contribution in [-0.4, -0.2) is 53.0 Å². The van der Waals surface area contributed by atoms with Gasteiger partial charge in [-0.15, -0.1) is 24.0 Å². The van der Waals surface area contributed by atoms with Crippen LogP contribution in [0.5, 0.6) is 0 Å². The van der Waals surface area contributed by atoms with E-state index in [0.29, 0.717) is 13.2 Å². The van der Waals surface area contributed by atoms with Gasteiger partial charge in [-0.1, -0.05) is 12.1 Å². The van der Waals surface area contributed by atoms with Crippen molar-refractivity contribution in [3.8, 4) is 0 Å². The van der Waals surface area contributed by atoms with Gasteiger partial charge in [0, 0.05) is 46.1 Å². The van der Waals surface area contributed by atoms with Gasteiger partial charge in [0.15, 0.2) is 5.96 Å². The number of guanidine groups is 1. The van der Waals surface area contributed by atoms with E-state index in [1.165, 1.54) is 5.56 Å². The highest BCUT2D eigenvalue weighted by Gasteiger charge is 2.04. The molecule has 1 atom stereocenters. The lowest BCUT2D eigenvalue weighted by Crippen LogP contribution is -2.43. The normalized spacial score (nSPS) is 12.3. The zero-order chi connectivity index (χ0) is 16.2. The topological polar surface area (TPSA) is 66.9 Å². The number of halogens is 1. The van der Waals surface area contributed by atoms with E-state index in [2.05, 4.69) is 52.1 Å². The molecule has 3 N–H and O–H groups in total. The molecule has 0 amide bonds. The molecule has 0 radical (unpaired) electrons. The number of ether oxygens (including phenoxy) is 2. The Kier molecular flexibility index (Phi) is 12.8. The van der Waals surface area contributed by atoms with Crippen LogP contribution >= 0.6 is 24.0 Å². The predicted octanol–water partition coefficient (Wildman–Crippen LogP) is 2.06. The van der Waals surface area contributed by atoms with E-state index < -0.39 is 0 Å². The molecule has 132 valence electrons. The van der Waals surface area contributed by atoms with Crippen molar-refractivity contribution in [2.75, 3.05) is 46.3 Å². The maximum atomic E-state index is 5.10. The molecule has 0 aliphatic carbocycles. The number of nitrogens with zero attached hydrogens (tertiary/aromatic N) is 1. The van der Waals surface area contributed by atoms with E-state index in [0.717, 1.165) is 24.7 Å². The Morgan fingerprint density at radius 2 is 1.87 bits per heavy atom. The van der Waals surface area contributed by atoms with Gasteiger partial charge in [0.05, 0.1) is 13.2 Å². The van der Waals surface area contributed by atoms with Crippen molar-refractivity contribution < 1.29 is 9.47 Å². The number of nitrogens with one attached hydrogen (secondary N) is 3. The zero-order valence-electron chi connectivity index (χ0n) is 14.4. The Bertz CT molecular complexity index is 440. The second-order valence-electron chi connectivity index (χ2n) is 5.04. The fourth-order valence-electron chi connectivity index (χ4n) is 1.94. The fraction of sp³-hybridized carbons (Fsp3) is 0.562. The average Bonchev–Trinajstić information content (AvgIpc) is 2.53. The molecule has 0 saturated carbocycles. The largest absolute Gasteiger partial charge is 0.383 e. The Morgan fingerprint density at radius 3 is 2.43 bits per heavy atom. The summed E-state index contributed by atoms with van der Waals surface area (Å²) in [6.45, 7) is 4.92. The number of benzene rings is 1. The maximum absolute atomic E-state index is 5.10. The highest BCUT2D eigenvalue weighted by atomic mass is 127. The summed E-state index contributed by atoms with van der Waals surface area (Å²) in [7, 11) is 5.15. The van der Waals surface area contributed by atoms with Crippen LogP contribution < -0.4 is 16.0 Å². The average molecular weight is 436 g/mol. The first kappa shape index (κ1) is 21.9. The third kappa shape index (κ3) is 9.62. The quantitative estimate of drug-likeness (QED) is 0.239. The monoisotopic (exact) mass is 436 g/mol. The van der Waals surface area contributed by atoms with Crippen molar-refractivity contribution in [3.05, 3.63) is 29.8 Å². The van der Waals surface area contributed by atoms with E-state index in [1.54, 1.807) is 21.3 Å². The minimum Gasteiger partial charge on any atom is -0.383 e. The molecule has 1 aromatic carbocycles. The van der Waals surface area contributed by atoms with Crippen LogP contribution in [0.4, 0.5) is 5.69 Å². The first-order valence-electron chi connectivity index (χ1n) is 7.47. The van der Waals surface area contributed by atoms with Crippen molar-refractivity contribution in [2.24, 2.45) is 4.99 Å². The molecule has 1 unspecified atom stereocenters. The summed E-state index contributed by atoms with van der Waals surface area (Å²) in [6.07, 6.45) is 0. The smallest absolute Gasteiger partial charge is 0.191 e. The molecule has 23 heavy (non-hydrogen) atoms. The van der Waals surface area contributed by atoms with Crippen LogP contribution in [0.15, 0.2) is 29.3 Å². The Labute approximate surface area is 156 Å². The molecule has 0 heterocycles. The zero-order valence-corrected chi connectivity index (χ0v) is 16.7. The molecule has 7 heteroatoms. The molecular weight excluding hydrogens is 407 g/mol. The summed E-state index contributed by atoms with van der Waals surface area (Å²) in [6, 6.07) is 8.53. The molecule has 0 fully saturated rings. The molecular formula is C16H29IN4O2. The second kappa shape index (κ2) is 13.4. The van der Waals surface area contributed by atoms with E-state index >= 15 is 0 Å². The Hall–Kier alpha value is -1.06. The van der Waals surface area contributed by atoms with Gasteiger partial charge in [0.1, 0.15) is 0 Å². The van der Waals surface area contributed by atoms with Crippen molar-refractivity contribution >= 4 is 35.6 Å². The van der Waals surface area contributed by atoms with Crippen LogP contribution in [0.1, 0.15) is 12.5 Å². The van der Waals surface area contributed by atoms with Crippen LogP contribution in [0.3, 0.4) is 0 Å². The number of hydrogen-bond acceptors (Lipinski definition) is 4. The van der Waals surface area contributed by atoms with Gasteiger partial charge >= 0.3 is 0 Å². The van der Waals surface area contributed by atoms with Crippen molar-refractivity contribution in [1.29, 1.82) is 0 Å². The molecule has 1 aromatic rings. The van der Waals surface area contributed by atoms with Gasteiger partial charge in [-0.3, -0.25) is 4.99 Å². The standard InChI is InChI=1S/C16H28N4O2.HI/c1-13(12-22-4)20-16(17-2)19-11-14-5-7-15(8-6-14)18-9-10-21-3;/h5-8,13,18H,9-12H2,1-4H3,(H2,17,19,20);1H. The highest BCUT2D eigenvalue weighted by Crippen LogP contribution is 2.08. The second-order valence-corrected chi connectivity index (χ2v) is 5.04. The predicted molar refractivity (Wildman–Crippen MR) is 107 cm³/mol. The van der Waals surface area contributed by atoms with Crippen molar-refractivity contribution in [3.63, 3.8) is 0 Å². The van der Waals surface area contributed by atoms with Crippen molar-refractivity contribution in [2.45, 2.75) is 19.5 Å². The minimum atomic E-state index is 0. The lowest BCUT2D eigenvalue weighted by atomic mass is 10.2. The molecule has 1 rings (SSSR count). The Balaban J connectivity index is 0.00000484. The summed E-state index contributed by atoms with van der Waals surface area (Å²) in [5.74, 6) is 0.770. The lowest BCUT2D eigenvalue weighted by Gasteiger charge is -2.17. The summed E-state index contributed by atoms with van der Waals surface area (Å²) >= 11 is 0. The lowest BCUT2D eigenvalue weighted by molar-refractivity contribution is 0.179. The number of rotatable bonds is 9. The number of methoxy groups -OCH3 is 2.